The third-order valence-corrected chi connectivity index (χ3v) is 2.01. The summed E-state index contributed by atoms with van der Waals surface area (Å²) in [5, 5.41) is 0.679. The van der Waals surface area contributed by atoms with Gasteiger partial charge in [-0.3, -0.25) is 0 Å². The Kier molecular flexibility index (Phi) is 7.47. The van der Waals surface area contributed by atoms with Gasteiger partial charge in [0, 0.05) is 6.92 Å². The molecule has 2 heteroatoms. The average molecular weight is 188 g/mol. The Hall–Kier alpha value is -0.110. The van der Waals surface area contributed by atoms with Crippen LogP contribution in [0.25, 0.3) is 0 Å². The number of thiocarbonyl (C=S) groups is 1. The molecule has 12 heavy (non-hydrogen) atoms. The number of hydrogen-bond acceptors (Lipinski definition) is 2. The number of rotatable bonds is 6. The van der Waals surface area contributed by atoms with Crippen LogP contribution in [-0.2, 0) is 4.74 Å². The third kappa shape index (κ3) is 6.59. The molecule has 0 aromatic carbocycles. The fourth-order valence-electron chi connectivity index (χ4n) is 1.20. The first-order valence-electron chi connectivity index (χ1n) is 4.87. The van der Waals surface area contributed by atoms with Crippen molar-refractivity contribution in [3.63, 3.8) is 0 Å². The van der Waals surface area contributed by atoms with Gasteiger partial charge in [-0.15, -0.1) is 0 Å². The van der Waals surface area contributed by atoms with Gasteiger partial charge in [0.25, 0.3) is 0 Å². The van der Waals surface area contributed by atoms with E-state index in [1.165, 1.54) is 19.3 Å². The maximum atomic E-state index is 5.48. The lowest BCUT2D eigenvalue weighted by molar-refractivity contribution is 0.174. The minimum Gasteiger partial charge on any atom is -0.484 e. The largest absolute Gasteiger partial charge is 0.484 e. The van der Waals surface area contributed by atoms with Gasteiger partial charge in [0.05, 0.1) is 6.10 Å². The second kappa shape index (κ2) is 7.53. The van der Waals surface area contributed by atoms with Gasteiger partial charge >= 0.3 is 0 Å². The summed E-state index contributed by atoms with van der Waals surface area (Å²) < 4.78 is 5.48. The van der Waals surface area contributed by atoms with Crippen molar-refractivity contribution >= 4 is 17.3 Å². The SMILES string of the molecule is CCCCCC(CC)OC(C)=S. The highest BCUT2D eigenvalue weighted by Gasteiger charge is 2.06. The summed E-state index contributed by atoms with van der Waals surface area (Å²) >= 11 is 4.89. The van der Waals surface area contributed by atoms with Crippen molar-refractivity contribution in [3.05, 3.63) is 0 Å². The van der Waals surface area contributed by atoms with Gasteiger partial charge in [-0.1, -0.05) is 26.7 Å². The summed E-state index contributed by atoms with van der Waals surface area (Å²) in [5.41, 5.74) is 0. The van der Waals surface area contributed by atoms with E-state index in [0.29, 0.717) is 11.2 Å². The molecule has 0 bridgehead atoms. The van der Waals surface area contributed by atoms with Crippen LogP contribution in [0.2, 0.25) is 0 Å². The van der Waals surface area contributed by atoms with Crippen molar-refractivity contribution < 1.29 is 4.74 Å². The highest BCUT2D eigenvalue weighted by atomic mass is 32.1. The maximum absolute atomic E-state index is 5.48. The van der Waals surface area contributed by atoms with Crippen LogP contribution < -0.4 is 0 Å². The number of unbranched alkanes of at least 4 members (excludes halogenated alkanes) is 2. The summed E-state index contributed by atoms with van der Waals surface area (Å²) in [6.45, 7) is 6.21. The van der Waals surface area contributed by atoms with Crippen LogP contribution >= 0.6 is 12.2 Å². The number of ether oxygens (including phenoxy) is 1. The van der Waals surface area contributed by atoms with Crippen LogP contribution in [0.5, 0.6) is 0 Å². The van der Waals surface area contributed by atoms with Crippen molar-refractivity contribution in [1.29, 1.82) is 0 Å². The monoisotopic (exact) mass is 188 g/mol. The summed E-state index contributed by atoms with van der Waals surface area (Å²) in [4.78, 5) is 0. The molecule has 0 aliphatic rings. The molecule has 1 unspecified atom stereocenters. The van der Waals surface area contributed by atoms with Crippen molar-refractivity contribution in [1.82, 2.24) is 0 Å². The van der Waals surface area contributed by atoms with Crippen molar-refractivity contribution in [2.45, 2.75) is 59.0 Å². The van der Waals surface area contributed by atoms with E-state index < -0.39 is 0 Å². The molecule has 0 amide bonds. The van der Waals surface area contributed by atoms with E-state index >= 15 is 0 Å². The summed E-state index contributed by atoms with van der Waals surface area (Å²) in [6.07, 6.45) is 6.41. The van der Waals surface area contributed by atoms with E-state index in [0.717, 1.165) is 12.8 Å². The van der Waals surface area contributed by atoms with E-state index in [4.69, 9.17) is 17.0 Å². The Bertz CT molecular complexity index is 123. The molecule has 0 heterocycles. The molecule has 0 radical (unpaired) electrons. The quantitative estimate of drug-likeness (QED) is 0.464. The predicted octanol–water partition coefficient (Wildman–Crippen LogP) is 3.71. The first-order chi connectivity index (χ1) is 5.70. The molecular weight excluding hydrogens is 168 g/mol. The van der Waals surface area contributed by atoms with Crippen molar-refractivity contribution in [2.24, 2.45) is 0 Å². The van der Waals surface area contributed by atoms with Crippen LogP contribution in [0.3, 0.4) is 0 Å². The normalized spacial score (nSPS) is 12.6. The van der Waals surface area contributed by atoms with E-state index in [1.807, 2.05) is 6.92 Å². The topological polar surface area (TPSA) is 9.23 Å². The van der Waals surface area contributed by atoms with Gasteiger partial charge in [0.1, 0.15) is 0 Å². The Morgan fingerprint density at radius 1 is 1.33 bits per heavy atom. The molecule has 0 aliphatic heterocycles. The van der Waals surface area contributed by atoms with Crippen LogP contribution in [0.15, 0.2) is 0 Å². The first-order valence-corrected chi connectivity index (χ1v) is 5.28. The van der Waals surface area contributed by atoms with E-state index in [2.05, 4.69) is 13.8 Å². The van der Waals surface area contributed by atoms with Crippen molar-refractivity contribution in [3.8, 4) is 0 Å². The molecule has 0 spiro atoms. The summed E-state index contributed by atoms with van der Waals surface area (Å²) in [6, 6.07) is 0. The zero-order valence-electron chi connectivity index (χ0n) is 8.43. The molecule has 0 aliphatic carbocycles. The molecule has 0 fully saturated rings. The lowest BCUT2D eigenvalue weighted by atomic mass is 10.1. The minimum atomic E-state index is 0.356. The van der Waals surface area contributed by atoms with Gasteiger partial charge in [0.15, 0.2) is 5.05 Å². The zero-order chi connectivity index (χ0) is 9.40. The molecule has 0 aromatic heterocycles. The van der Waals surface area contributed by atoms with Gasteiger partial charge in [-0.05, 0) is 31.5 Å². The average Bonchev–Trinajstić information content (AvgIpc) is 2.02. The van der Waals surface area contributed by atoms with Gasteiger partial charge in [-0.2, -0.15) is 0 Å². The molecule has 0 saturated carbocycles. The van der Waals surface area contributed by atoms with Crippen LogP contribution in [0, 0.1) is 0 Å². The fourth-order valence-corrected chi connectivity index (χ4v) is 1.34. The Morgan fingerprint density at radius 2 is 2.00 bits per heavy atom. The molecule has 72 valence electrons. The Balaban J connectivity index is 3.46. The van der Waals surface area contributed by atoms with Crippen LogP contribution in [0.1, 0.15) is 52.9 Å². The zero-order valence-corrected chi connectivity index (χ0v) is 9.25. The predicted molar refractivity (Wildman–Crippen MR) is 57.6 cm³/mol. The molecule has 0 aromatic rings. The summed E-state index contributed by atoms with van der Waals surface area (Å²) in [7, 11) is 0. The second-order valence-corrected chi connectivity index (χ2v) is 3.71. The Morgan fingerprint density at radius 3 is 2.42 bits per heavy atom. The third-order valence-electron chi connectivity index (χ3n) is 1.92. The highest BCUT2D eigenvalue weighted by Crippen LogP contribution is 2.10. The fraction of sp³-hybridized carbons (Fsp3) is 0.900. The van der Waals surface area contributed by atoms with Crippen LogP contribution in [-0.4, -0.2) is 11.2 Å². The highest BCUT2D eigenvalue weighted by molar-refractivity contribution is 7.80. The number of hydrogen-bond donors (Lipinski definition) is 0. The summed E-state index contributed by atoms with van der Waals surface area (Å²) in [5.74, 6) is 0. The van der Waals surface area contributed by atoms with Gasteiger partial charge in [0.2, 0.25) is 0 Å². The second-order valence-electron chi connectivity index (χ2n) is 3.14. The van der Waals surface area contributed by atoms with Crippen LogP contribution in [0.4, 0.5) is 0 Å². The molecular formula is C10H20OS. The molecule has 0 rings (SSSR count). The molecule has 0 saturated heterocycles. The maximum Gasteiger partial charge on any atom is 0.157 e. The van der Waals surface area contributed by atoms with Gasteiger partial charge < -0.3 is 4.74 Å². The first kappa shape index (κ1) is 11.9. The molecule has 1 nitrogen and oxygen atoms in total. The molecule has 0 N–H and O–H groups in total. The van der Waals surface area contributed by atoms with E-state index in [9.17, 15) is 0 Å². The molecule has 1 atom stereocenters. The lowest BCUT2D eigenvalue weighted by Crippen LogP contribution is -2.13. The Labute approximate surface area is 81.5 Å². The lowest BCUT2D eigenvalue weighted by Gasteiger charge is -2.15. The van der Waals surface area contributed by atoms with Gasteiger partial charge in [-0.25, -0.2) is 0 Å². The van der Waals surface area contributed by atoms with E-state index in [1.54, 1.807) is 0 Å². The smallest absolute Gasteiger partial charge is 0.157 e. The van der Waals surface area contributed by atoms with E-state index in [-0.39, 0.29) is 0 Å². The minimum absolute atomic E-state index is 0.356. The standard InChI is InChI=1S/C10H20OS/c1-4-6-7-8-10(5-2)11-9(3)12/h10H,4-8H2,1-3H3. The van der Waals surface area contributed by atoms with Crippen molar-refractivity contribution in [2.75, 3.05) is 0 Å².